The van der Waals surface area contributed by atoms with E-state index in [1.807, 2.05) is 12.1 Å². The Labute approximate surface area is 91.6 Å². The number of methoxy groups -OCH3 is 1. The van der Waals surface area contributed by atoms with Crippen molar-refractivity contribution in [2.75, 3.05) is 20.2 Å². The van der Waals surface area contributed by atoms with Crippen LogP contribution in [0.3, 0.4) is 0 Å². The standard InChI is InChI=1S/C12H20N2O/c1-10(7-13)8-14-9-11-3-5-12(15-2)6-4-11/h3-6,10,14H,7-9,13H2,1-2H3. The average Bonchev–Trinajstić information content (AvgIpc) is 2.29. The molecular weight excluding hydrogens is 188 g/mol. The molecule has 0 radical (unpaired) electrons. The predicted molar refractivity (Wildman–Crippen MR) is 62.9 cm³/mol. The van der Waals surface area contributed by atoms with E-state index in [-0.39, 0.29) is 0 Å². The summed E-state index contributed by atoms with van der Waals surface area (Å²) in [6, 6.07) is 8.09. The molecule has 0 spiro atoms. The van der Waals surface area contributed by atoms with Crippen LogP contribution < -0.4 is 15.8 Å². The van der Waals surface area contributed by atoms with Gasteiger partial charge in [-0.25, -0.2) is 0 Å². The Kier molecular flexibility index (Phi) is 5.15. The summed E-state index contributed by atoms with van der Waals surface area (Å²) < 4.78 is 5.09. The summed E-state index contributed by atoms with van der Waals surface area (Å²) in [4.78, 5) is 0. The fourth-order valence-electron chi connectivity index (χ4n) is 1.29. The van der Waals surface area contributed by atoms with Gasteiger partial charge >= 0.3 is 0 Å². The molecule has 0 aromatic heterocycles. The number of nitrogens with two attached hydrogens (primary N) is 1. The third-order valence-corrected chi connectivity index (χ3v) is 2.38. The highest BCUT2D eigenvalue weighted by Gasteiger charge is 1.98. The molecule has 1 aromatic carbocycles. The highest BCUT2D eigenvalue weighted by molar-refractivity contribution is 5.26. The van der Waals surface area contributed by atoms with Crippen LogP contribution in [0.15, 0.2) is 24.3 Å². The quantitative estimate of drug-likeness (QED) is 0.742. The first-order chi connectivity index (χ1) is 7.26. The topological polar surface area (TPSA) is 47.3 Å². The van der Waals surface area contributed by atoms with E-state index >= 15 is 0 Å². The molecule has 3 heteroatoms. The molecule has 0 heterocycles. The van der Waals surface area contributed by atoms with Gasteiger partial charge < -0.3 is 15.8 Å². The molecule has 1 rings (SSSR count). The lowest BCUT2D eigenvalue weighted by Crippen LogP contribution is -2.25. The molecule has 0 bridgehead atoms. The van der Waals surface area contributed by atoms with Crippen molar-refractivity contribution in [1.82, 2.24) is 5.32 Å². The van der Waals surface area contributed by atoms with E-state index in [0.29, 0.717) is 5.92 Å². The summed E-state index contributed by atoms with van der Waals surface area (Å²) in [5.41, 5.74) is 6.80. The monoisotopic (exact) mass is 208 g/mol. The molecule has 1 aromatic rings. The summed E-state index contributed by atoms with van der Waals surface area (Å²) >= 11 is 0. The van der Waals surface area contributed by atoms with Gasteiger partial charge in [0, 0.05) is 6.54 Å². The Bertz CT molecular complexity index is 271. The summed E-state index contributed by atoms with van der Waals surface area (Å²) in [6.07, 6.45) is 0. The highest BCUT2D eigenvalue weighted by Crippen LogP contribution is 2.10. The first-order valence-corrected chi connectivity index (χ1v) is 5.30. The van der Waals surface area contributed by atoms with Crippen molar-refractivity contribution >= 4 is 0 Å². The van der Waals surface area contributed by atoms with Crippen molar-refractivity contribution in [3.63, 3.8) is 0 Å². The van der Waals surface area contributed by atoms with Gasteiger partial charge in [0.15, 0.2) is 0 Å². The molecule has 0 amide bonds. The molecule has 3 N–H and O–H groups in total. The first kappa shape index (κ1) is 12.0. The molecular formula is C12H20N2O. The van der Waals surface area contributed by atoms with E-state index in [9.17, 15) is 0 Å². The lowest BCUT2D eigenvalue weighted by molar-refractivity contribution is 0.414. The second-order valence-corrected chi connectivity index (χ2v) is 3.82. The van der Waals surface area contributed by atoms with Crippen LogP contribution in [0.1, 0.15) is 12.5 Å². The molecule has 0 aliphatic carbocycles. The predicted octanol–water partition coefficient (Wildman–Crippen LogP) is 1.38. The minimum Gasteiger partial charge on any atom is -0.497 e. The van der Waals surface area contributed by atoms with Crippen molar-refractivity contribution in [1.29, 1.82) is 0 Å². The fourth-order valence-corrected chi connectivity index (χ4v) is 1.29. The Morgan fingerprint density at radius 3 is 2.53 bits per heavy atom. The lowest BCUT2D eigenvalue weighted by Gasteiger charge is -2.10. The summed E-state index contributed by atoms with van der Waals surface area (Å²) in [5, 5.41) is 3.37. The van der Waals surface area contributed by atoms with Crippen LogP contribution in [-0.4, -0.2) is 20.2 Å². The molecule has 0 aliphatic rings. The second-order valence-electron chi connectivity index (χ2n) is 3.82. The van der Waals surface area contributed by atoms with Crippen molar-refractivity contribution in [3.05, 3.63) is 29.8 Å². The van der Waals surface area contributed by atoms with Crippen molar-refractivity contribution in [2.45, 2.75) is 13.5 Å². The molecule has 0 saturated heterocycles. The van der Waals surface area contributed by atoms with E-state index < -0.39 is 0 Å². The number of nitrogens with one attached hydrogen (secondary N) is 1. The van der Waals surface area contributed by atoms with E-state index in [2.05, 4.69) is 24.4 Å². The van der Waals surface area contributed by atoms with Gasteiger partial charge in [-0.1, -0.05) is 19.1 Å². The van der Waals surface area contributed by atoms with Gasteiger partial charge in [0.25, 0.3) is 0 Å². The number of ether oxygens (including phenoxy) is 1. The van der Waals surface area contributed by atoms with Crippen molar-refractivity contribution in [3.8, 4) is 5.75 Å². The molecule has 15 heavy (non-hydrogen) atoms. The second kappa shape index (κ2) is 6.43. The molecule has 1 unspecified atom stereocenters. The summed E-state index contributed by atoms with van der Waals surface area (Å²) in [6.45, 7) is 4.72. The van der Waals surface area contributed by atoms with E-state index in [0.717, 1.165) is 25.4 Å². The SMILES string of the molecule is COc1ccc(CNCC(C)CN)cc1. The number of hydrogen-bond acceptors (Lipinski definition) is 3. The van der Waals surface area contributed by atoms with E-state index in [1.54, 1.807) is 7.11 Å². The maximum absolute atomic E-state index is 5.53. The van der Waals surface area contributed by atoms with Gasteiger partial charge in [0.1, 0.15) is 5.75 Å². The Balaban J connectivity index is 2.31. The number of hydrogen-bond donors (Lipinski definition) is 2. The van der Waals surface area contributed by atoms with Crippen LogP contribution in [0.5, 0.6) is 5.75 Å². The van der Waals surface area contributed by atoms with Gasteiger partial charge in [0.2, 0.25) is 0 Å². The number of rotatable bonds is 6. The van der Waals surface area contributed by atoms with Crippen molar-refractivity contribution < 1.29 is 4.74 Å². The minimum absolute atomic E-state index is 0.531. The van der Waals surface area contributed by atoms with Gasteiger partial charge in [-0.3, -0.25) is 0 Å². The zero-order valence-corrected chi connectivity index (χ0v) is 9.49. The maximum atomic E-state index is 5.53. The van der Waals surface area contributed by atoms with Crippen LogP contribution in [-0.2, 0) is 6.54 Å². The lowest BCUT2D eigenvalue weighted by atomic mass is 10.1. The normalized spacial score (nSPS) is 12.5. The average molecular weight is 208 g/mol. The van der Waals surface area contributed by atoms with Crippen LogP contribution in [0.25, 0.3) is 0 Å². The van der Waals surface area contributed by atoms with Crippen molar-refractivity contribution in [2.24, 2.45) is 11.7 Å². The first-order valence-electron chi connectivity index (χ1n) is 5.30. The Morgan fingerprint density at radius 1 is 1.33 bits per heavy atom. The van der Waals surface area contributed by atoms with Gasteiger partial charge in [0.05, 0.1) is 7.11 Å². The Morgan fingerprint density at radius 2 is 2.00 bits per heavy atom. The van der Waals surface area contributed by atoms with Crippen LogP contribution in [0.2, 0.25) is 0 Å². The third kappa shape index (κ3) is 4.32. The van der Waals surface area contributed by atoms with E-state index in [4.69, 9.17) is 10.5 Å². The van der Waals surface area contributed by atoms with Gasteiger partial charge in [-0.05, 0) is 36.7 Å². The highest BCUT2D eigenvalue weighted by atomic mass is 16.5. The smallest absolute Gasteiger partial charge is 0.118 e. The molecule has 3 nitrogen and oxygen atoms in total. The van der Waals surface area contributed by atoms with Crippen LogP contribution in [0, 0.1) is 5.92 Å². The van der Waals surface area contributed by atoms with Gasteiger partial charge in [-0.2, -0.15) is 0 Å². The van der Waals surface area contributed by atoms with Crippen LogP contribution in [0.4, 0.5) is 0 Å². The molecule has 0 fully saturated rings. The van der Waals surface area contributed by atoms with Gasteiger partial charge in [-0.15, -0.1) is 0 Å². The van der Waals surface area contributed by atoms with E-state index in [1.165, 1.54) is 5.56 Å². The zero-order valence-electron chi connectivity index (χ0n) is 9.49. The zero-order chi connectivity index (χ0) is 11.1. The maximum Gasteiger partial charge on any atom is 0.118 e. The minimum atomic E-state index is 0.531. The Hall–Kier alpha value is -1.06. The molecule has 1 atom stereocenters. The molecule has 0 aliphatic heterocycles. The molecule has 84 valence electrons. The fraction of sp³-hybridized carbons (Fsp3) is 0.500. The number of benzene rings is 1. The third-order valence-electron chi connectivity index (χ3n) is 2.38. The van der Waals surface area contributed by atoms with Crippen LogP contribution >= 0.6 is 0 Å². The molecule has 0 saturated carbocycles. The summed E-state index contributed by atoms with van der Waals surface area (Å²) in [7, 11) is 1.68. The summed E-state index contributed by atoms with van der Waals surface area (Å²) in [5.74, 6) is 1.43. The largest absolute Gasteiger partial charge is 0.497 e.